The standard InChI is InChI=1S/C44H68O15/c1-13-52-22-33(48)55-26-18-29-42(11)28(19-32-44(29,59-32)39(7,8)37(26)57-35(50)24-54-15-3)40(9)20-27(56-34(49)23-53-14-2)36(41(40,10)21-31(42)47)43(12,51)30(46)16-17-38(5,6)58-25(4)45/h26-29,32,36-37,51H,13-24H2,1-12H3/t26-,27+,28-,29-,32+,36-,37+,40-,41+,42+,43-,44-/m0/s1. The normalized spacial score (nSPS) is 37.7. The summed E-state index contributed by atoms with van der Waals surface area (Å²) in [6, 6.07) is 0. The predicted octanol–water partition coefficient (Wildman–Crippen LogP) is 4.49. The average molecular weight is 837 g/mol. The van der Waals surface area contributed by atoms with Crippen molar-refractivity contribution < 1.29 is 71.8 Å². The molecule has 0 unspecified atom stereocenters. The van der Waals surface area contributed by atoms with Crippen molar-refractivity contribution in [3.63, 3.8) is 0 Å². The molecule has 5 aliphatic rings. The lowest BCUT2D eigenvalue weighted by Crippen LogP contribution is -2.71. The molecular weight excluding hydrogens is 768 g/mol. The Bertz CT molecular complexity index is 1650. The highest BCUT2D eigenvalue weighted by atomic mass is 16.6. The first-order valence-electron chi connectivity index (χ1n) is 21.3. The van der Waals surface area contributed by atoms with Crippen molar-refractivity contribution in [3.05, 3.63) is 0 Å². The number of esters is 4. The number of hydrogen-bond donors (Lipinski definition) is 1. The highest BCUT2D eigenvalue weighted by Crippen LogP contribution is 2.79. The third-order valence-corrected chi connectivity index (χ3v) is 15.2. The number of carbonyl (C=O) groups is 6. The molecule has 1 aliphatic heterocycles. The number of ether oxygens (including phenoxy) is 8. The molecule has 1 heterocycles. The lowest BCUT2D eigenvalue weighted by atomic mass is 9.36. The molecule has 15 nitrogen and oxygen atoms in total. The monoisotopic (exact) mass is 836 g/mol. The highest BCUT2D eigenvalue weighted by Gasteiger charge is 2.85. The van der Waals surface area contributed by atoms with Crippen LogP contribution in [0.25, 0.3) is 0 Å². The number of fused-ring (bicyclic) bond motifs is 4. The molecule has 0 aromatic heterocycles. The zero-order valence-corrected chi connectivity index (χ0v) is 37.2. The van der Waals surface area contributed by atoms with Gasteiger partial charge in [0.15, 0.2) is 5.78 Å². The third kappa shape index (κ3) is 8.00. The molecule has 4 aliphatic carbocycles. The SMILES string of the molecule is CCOCC(=O)O[C@H]1C[C@H]2[C@]3(C)C(=O)C[C@]4(C)[C@@H]([C@@](C)(O)C(=O)CCC(C)(C)OC(C)=O)[C@H](OC(=O)COCC)C[C@@]4(C)[C@@H]3C[C@H]3O[C@]32C(C)(C)[C@@H]1OC(=O)COCC. The number of epoxide rings is 1. The van der Waals surface area contributed by atoms with E-state index in [1.165, 1.54) is 13.8 Å². The van der Waals surface area contributed by atoms with E-state index in [1.54, 1.807) is 34.6 Å². The van der Waals surface area contributed by atoms with Gasteiger partial charge >= 0.3 is 23.9 Å². The van der Waals surface area contributed by atoms with Crippen LogP contribution in [0.2, 0.25) is 0 Å². The molecule has 1 spiro atoms. The maximum absolute atomic E-state index is 15.4. The van der Waals surface area contributed by atoms with Gasteiger partial charge in [-0.1, -0.05) is 34.6 Å². The molecule has 1 N–H and O–H groups in total. The Morgan fingerprint density at radius 1 is 0.763 bits per heavy atom. The average Bonchev–Trinajstić information content (AvgIpc) is 3.83. The van der Waals surface area contributed by atoms with E-state index in [2.05, 4.69) is 6.92 Å². The summed E-state index contributed by atoms with van der Waals surface area (Å²) >= 11 is 0. The Kier molecular flexibility index (Phi) is 13.3. The van der Waals surface area contributed by atoms with Crippen molar-refractivity contribution in [2.75, 3.05) is 39.6 Å². The summed E-state index contributed by atoms with van der Waals surface area (Å²) in [4.78, 5) is 81.0. The second-order valence-corrected chi connectivity index (χ2v) is 19.4. The number of Topliss-reactive ketones (excluding diaryl/α,β-unsaturated/α-hetero) is 2. The van der Waals surface area contributed by atoms with Crippen LogP contribution in [0.5, 0.6) is 0 Å². The summed E-state index contributed by atoms with van der Waals surface area (Å²) in [5.74, 6) is -4.92. The maximum atomic E-state index is 15.4. The van der Waals surface area contributed by atoms with E-state index in [0.29, 0.717) is 19.6 Å². The second-order valence-electron chi connectivity index (χ2n) is 19.4. The Balaban J connectivity index is 1.56. The van der Waals surface area contributed by atoms with Crippen LogP contribution in [0, 0.1) is 39.4 Å². The third-order valence-electron chi connectivity index (χ3n) is 15.2. The van der Waals surface area contributed by atoms with Gasteiger partial charge in [0.2, 0.25) is 0 Å². The van der Waals surface area contributed by atoms with Gasteiger partial charge in [-0.15, -0.1) is 0 Å². The van der Waals surface area contributed by atoms with Crippen molar-refractivity contribution in [2.24, 2.45) is 39.4 Å². The van der Waals surface area contributed by atoms with Crippen LogP contribution in [0.15, 0.2) is 0 Å². The molecule has 59 heavy (non-hydrogen) atoms. The van der Waals surface area contributed by atoms with Gasteiger partial charge in [0, 0.05) is 62.3 Å². The summed E-state index contributed by atoms with van der Waals surface area (Å²) < 4.78 is 46.7. The van der Waals surface area contributed by atoms with Gasteiger partial charge in [0.1, 0.15) is 60.7 Å². The number of ketones is 2. The molecule has 0 aromatic rings. The molecule has 0 amide bonds. The van der Waals surface area contributed by atoms with Crippen molar-refractivity contribution in [1.82, 2.24) is 0 Å². The summed E-state index contributed by atoms with van der Waals surface area (Å²) in [6.45, 7) is 21.1. The van der Waals surface area contributed by atoms with Crippen molar-refractivity contribution in [1.29, 1.82) is 0 Å². The van der Waals surface area contributed by atoms with E-state index < -0.39 is 104 Å². The Hall–Kier alpha value is -2.98. The zero-order chi connectivity index (χ0) is 44.1. The fourth-order valence-electron chi connectivity index (χ4n) is 12.4. The molecule has 5 fully saturated rings. The van der Waals surface area contributed by atoms with E-state index in [-0.39, 0.29) is 70.4 Å². The van der Waals surface area contributed by atoms with Gasteiger partial charge in [-0.2, -0.15) is 0 Å². The topological polar surface area (TPSA) is 200 Å². The molecule has 5 rings (SSSR count). The first kappa shape index (κ1) is 47.1. The van der Waals surface area contributed by atoms with Gasteiger partial charge in [-0.25, -0.2) is 14.4 Å². The fraction of sp³-hybridized carbons (Fsp3) is 0.864. The van der Waals surface area contributed by atoms with Gasteiger partial charge in [0.05, 0.1) is 6.10 Å². The van der Waals surface area contributed by atoms with Gasteiger partial charge in [-0.3, -0.25) is 14.4 Å². The van der Waals surface area contributed by atoms with Crippen LogP contribution >= 0.6 is 0 Å². The molecule has 15 heteroatoms. The number of rotatable bonds is 18. The molecule has 12 atom stereocenters. The van der Waals surface area contributed by atoms with Gasteiger partial charge < -0.3 is 43.0 Å². The van der Waals surface area contributed by atoms with E-state index in [0.717, 1.165) is 0 Å². The van der Waals surface area contributed by atoms with Crippen LogP contribution in [0.3, 0.4) is 0 Å². The summed E-state index contributed by atoms with van der Waals surface area (Å²) in [5, 5.41) is 12.5. The molecule has 0 bridgehead atoms. The number of aliphatic hydroxyl groups is 1. The Morgan fingerprint density at radius 2 is 1.29 bits per heavy atom. The Morgan fingerprint density at radius 3 is 1.81 bits per heavy atom. The summed E-state index contributed by atoms with van der Waals surface area (Å²) in [7, 11) is 0. The lowest BCUT2D eigenvalue weighted by Gasteiger charge is -2.66. The number of hydrogen-bond acceptors (Lipinski definition) is 15. The highest BCUT2D eigenvalue weighted by molar-refractivity contribution is 5.90. The van der Waals surface area contributed by atoms with Crippen molar-refractivity contribution in [2.45, 2.75) is 163 Å². The largest absolute Gasteiger partial charge is 0.460 e. The summed E-state index contributed by atoms with van der Waals surface area (Å²) in [6.07, 6.45) is -2.46. The molecule has 4 saturated carbocycles. The van der Waals surface area contributed by atoms with Crippen molar-refractivity contribution >= 4 is 35.4 Å². The van der Waals surface area contributed by atoms with E-state index in [9.17, 15) is 29.1 Å². The van der Waals surface area contributed by atoms with Gasteiger partial charge in [0.25, 0.3) is 0 Å². The predicted molar refractivity (Wildman–Crippen MR) is 209 cm³/mol. The van der Waals surface area contributed by atoms with Gasteiger partial charge in [-0.05, 0) is 84.0 Å². The summed E-state index contributed by atoms with van der Waals surface area (Å²) in [5.41, 5.74) is -7.86. The van der Waals surface area contributed by atoms with Crippen LogP contribution in [-0.2, 0) is 66.7 Å². The van der Waals surface area contributed by atoms with E-state index in [1.807, 2.05) is 27.7 Å². The zero-order valence-electron chi connectivity index (χ0n) is 37.2. The van der Waals surface area contributed by atoms with Crippen LogP contribution in [-0.4, -0.2) is 121 Å². The van der Waals surface area contributed by atoms with E-state index >= 15 is 4.79 Å². The molecule has 0 radical (unpaired) electrons. The van der Waals surface area contributed by atoms with Crippen LogP contribution in [0.4, 0.5) is 0 Å². The van der Waals surface area contributed by atoms with Crippen LogP contribution < -0.4 is 0 Å². The first-order chi connectivity index (χ1) is 27.3. The number of carbonyl (C=O) groups excluding carboxylic acids is 6. The lowest BCUT2D eigenvalue weighted by molar-refractivity contribution is -0.229. The minimum atomic E-state index is -2.07. The maximum Gasteiger partial charge on any atom is 0.332 e. The Labute approximate surface area is 348 Å². The minimum absolute atomic E-state index is 0.0533. The molecule has 1 saturated heterocycles. The van der Waals surface area contributed by atoms with E-state index in [4.69, 9.17) is 37.9 Å². The molecule has 0 aromatic carbocycles. The fourth-order valence-corrected chi connectivity index (χ4v) is 12.4. The second kappa shape index (κ2) is 16.7. The molecular formula is C44H68O15. The minimum Gasteiger partial charge on any atom is -0.460 e. The van der Waals surface area contributed by atoms with Crippen LogP contribution in [0.1, 0.15) is 122 Å². The van der Waals surface area contributed by atoms with Crippen molar-refractivity contribution in [3.8, 4) is 0 Å². The smallest absolute Gasteiger partial charge is 0.332 e. The first-order valence-corrected chi connectivity index (χ1v) is 21.3. The molecule has 334 valence electrons. The quantitative estimate of drug-likeness (QED) is 0.115.